The summed E-state index contributed by atoms with van der Waals surface area (Å²) in [6.45, 7) is 0.803. The Morgan fingerprint density at radius 2 is 2.55 bits per heavy atom. The number of rotatable bonds is 1. The van der Waals surface area contributed by atoms with E-state index in [0.717, 1.165) is 19.4 Å². The highest BCUT2D eigenvalue weighted by Crippen LogP contribution is 2.25. The zero-order valence-corrected chi connectivity index (χ0v) is 7.10. The molecule has 60 valence electrons. The molecule has 1 unspecified atom stereocenters. The second kappa shape index (κ2) is 2.87. The molecule has 0 radical (unpaired) electrons. The molecule has 1 atom stereocenters. The lowest BCUT2D eigenvalue weighted by atomic mass is 9.91. The molecule has 3 nitrogen and oxygen atoms in total. The average Bonchev–Trinajstić information content (AvgIpc) is 2.50. The molecule has 1 heterocycles. The smallest absolute Gasteiger partial charge is 0.0787 e. The van der Waals surface area contributed by atoms with Gasteiger partial charge < -0.3 is 5.73 Å². The van der Waals surface area contributed by atoms with Crippen molar-refractivity contribution in [2.75, 3.05) is 6.54 Å². The van der Waals surface area contributed by atoms with Crippen LogP contribution in [0.15, 0.2) is 0 Å². The zero-order chi connectivity index (χ0) is 7.68. The van der Waals surface area contributed by atoms with Crippen molar-refractivity contribution >= 4 is 11.5 Å². The van der Waals surface area contributed by atoms with E-state index in [0.29, 0.717) is 5.92 Å². The second-order valence-electron chi connectivity index (χ2n) is 2.99. The van der Waals surface area contributed by atoms with Crippen molar-refractivity contribution < 1.29 is 0 Å². The summed E-state index contributed by atoms with van der Waals surface area (Å²) < 4.78 is 3.92. The minimum absolute atomic E-state index is 0.671. The summed E-state index contributed by atoms with van der Waals surface area (Å²) in [7, 11) is 0. The van der Waals surface area contributed by atoms with Gasteiger partial charge >= 0.3 is 0 Å². The molecule has 0 aliphatic heterocycles. The van der Waals surface area contributed by atoms with E-state index in [1.807, 2.05) is 0 Å². The number of nitrogens with zero attached hydrogens (tertiary/aromatic N) is 2. The fraction of sp³-hybridized carbons (Fsp3) is 0.714. The minimum Gasteiger partial charge on any atom is -0.330 e. The van der Waals surface area contributed by atoms with Crippen LogP contribution in [0.4, 0.5) is 0 Å². The van der Waals surface area contributed by atoms with Crippen molar-refractivity contribution in [2.45, 2.75) is 19.3 Å². The van der Waals surface area contributed by atoms with Crippen LogP contribution < -0.4 is 5.73 Å². The van der Waals surface area contributed by atoms with Gasteiger partial charge in [0.1, 0.15) is 0 Å². The number of nitrogens with two attached hydrogens (primary N) is 1. The van der Waals surface area contributed by atoms with Crippen LogP contribution in [-0.2, 0) is 12.8 Å². The first kappa shape index (κ1) is 7.18. The fourth-order valence-electron chi connectivity index (χ4n) is 1.48. The summed E-state index contributed by atoms with van der Waals surface area (Å²) >= 11 is 1.53. The Morgan fingerprint density at radius 1 is 1.64 bits per heavy atom. The molecule has 4 heteroatoms. The van der Waals surface area contributed by atoms with E-state index >= 15 is 0 Å². The fourth-order valence-corrected chi connectivity index (χ4v) is 2.27. The highest BCUT2D eigenvalue weighted by atomic mass is 32.1. The first-order chi connectivity index (χ1) is 5.40. The number of hydrogen-bond donors (Lipinski definition) is 1. The van der Waals surface area contributed by atoms with E-state index in [1.165, 1.54) is 28.5 Å². The second-order valence-corrected chi connectivity index (χ2v) is 3.83. The van der Waals surface area contributed by atoms with Gasteiger partial charge in [0.2, 0.25) is 0 Å². The number of aryl methyl sites for hydroxylation is 1. The Balaban J connectivity index is 2.18. The summed E-state index contributed by atoms with van der Waals surface area (Å²) in [6.07, 6.45) is 3.37. The predicted octanol–water partition coefficient (Wildman–Crippen LogP) is 0.602. The van der Waals surface area contributed by atoms with E-state index in [1.54, 1.807) is 0 Å². The van der Waals surface area contributed by atoms with Gasteiger partial charge in [0.25, 0.3) is 0 Å². The molecule has 1 aliphatic carbocycles. The summed E-state index contributed by atoms with van der Waals surface area (Å²) in [5.74, 6) is 0.671. The average molecular weight is 169 g/mol. The summed E-state index contributed by atoms with van der Waals surface area (Å²) in [5.41, 5.74) is 6.80. The van der Waals surface area contributed by atoms with Crippen LogP contribution >= 0.6 is 11.5 Å². The maximum atomic E-state index is 5.59. The quantitative estimate of drug-likeness (QED) is 0.670. The van der Waals surface area contributed by atoms with Crippen LogP contribution in [-0.4, -0.2) is 16.1 Å². The topological polar surface area (TPSA) is 51.8 Å². The van der Waals surface area contributed by atoms with Crippen LogP contribution in [0.25, 0.3) is 0 Å². The highest BCUT2D eigenvalue weighted by Gasteiger charge is 2.19. The van der Waals surface area contributed by atoms with Crippen LogP contribution in [0, 0.1) is 5.92 Å². The molecule has 0 saturated carbocycles. The highest BCUT2D eigenvalue weighted by molar-refractivity contribution is 7.05. The third-order valence-electron chi connectivity index (χ3n) is 2.23. The van der Waals surface area contributed by atoms with E-state index in [2.05, 4.69) is 9.59 Å². The van der Waals surface area contributed by atoms with Gasteiger partial charge in [-0.3, -0.25) is 0 Å². The molecular formula is C7H11N3S. The Bertz CT molecular complexity index is 246. The maximum absolute atomic E-state index is 5.59. The van der Waals surface area contributed by atoms with Gasteiger partial charge in [-0.1, -0.05) is 4.49 Å². The number of fused-ring (bicyclic) bond motifs is 1. The summed E-state index contributed by atoms with van der Waals surface area (Å²) in [4.78, 5) is 1.35. The van der Waals surface area contributed by atoms with Crippen molar-refractivity contribution in [3.63, 3.8) is 0 Å². The molecule has 0 aromatic carbocycles. The van der Waals surface area contributed by atoms with Gasteiger partial charge in [0.05, 0.1) is 5.69 Å². The van der Waals surface area contributed by atoms with Gasteiger partial charge in [0, 0.05) is 4.88 Å². The van der Waals surface area contributed by atoms with Gasteiger partial charge in [-0.2, -0.15) is 0 Å². The molecule has 11 heavy (non-hydrogen) atoms. The van der Waals surface area contributed by atoms with Crippen LogP contribution in [0.2, 0.25) is 0 Å². The maximum Gasteiger partial charge on any atom is 0.0787 e. The van der Waals surface area contributed by atoms with Crippen molar-refractivity contribution in [3.05, 3.63) is 10.6 Å². The lowest BCUT2D eigenvalue weighted by molar-refractivity contribution is 0.469. The number of aromatic nitrogens is 2. The van der Waals surface area contributed by atoms with Crippen molar-refractivity contribution in [1.82, 2.24) is 9.59 Å². The molecule has 1 aromatic rings. The number of hydrogen-bond acceptors (Lipinski definition) is 4. The minimum atomic E-state index is 0.671. The van der Waals surface area contributed by atoms with Crippen molar-refractivity contribution in [3.8, 4) is 0 Å². The van der Waals surface area contributed by atoms with Crippen molar-refractivity contribution in [1.29, 1.82) is 0 Å². The Labute approximate surface area is 69.8 Å². The van der Waals surface area contributed by atoms with Gasteiger partial charge in [-0.05, 0) is 43.3 Å². The molecule has 0 spiro atoms. The largest absolute Gasteiger partial charge is 0.330 e. The first-order valence-electron chi connectivity index (χ1n) is 3.90. The summed E-state index contributed by atoms with van der Waals surface area (Å²) in [5, 5.41) is 4.05. The monoisotopic (exact) mass is 169 g/mol. The molecule has 1 aromatic heterocycles. The third kappa shape index (κ3) is 1.28. The standard InChI is InChI=1S/C7H11N3S/c8-4-5-1-2-6-7(3-5)11-10-9-6/h5H,1-4,8H2. The van der Waals surface area contributed by atoms with Crippen molar-refractivity contribution in [2.24, 2.45) is 11.7 Å². The molecule has 2 rings (SSSR count). The SMILES string of the molecule is NCC1CCc2nnsc2C1. The Morgan fingerprint density at radius 3 is 3.36 bits per heavy atom. The molecular weight excluding hydrogens is 158 g/mol. The first-order valence-corrected chi connectivity index (χ1v) is 4.67. The van der Waals surface area contributed by atoms with E-state index in [4.69, 9.17) is 5.73 Å². The molecule has 2 N–H and O–H groups in total. The lowest BCUT2D eigenvalue weighted by Gasteiger charge is -2.17. The van der Waals surface area contributed by atoms with Gasteiger partial charge in [0.15, 0.2) is 0 Å². The van der Waals surface area contributed by atoms with Crippen LogP contribution in [0.1, 0.15) is 17.0 Å². The van der Waals surface area contributed by atoms with E-state index in [9.17, 15) is 0 Å². The normalized spacial score (nSPS) is 23.2. The summed E-state index contributed by atoms with van der Waals surface area (Å²) in [6, 6.07) is 0. The zero-order valence-electron chi connectivity index (χ0n) is 6.29. The Kier molecular flexibility index (Phi) is 1.87. The van der Waals surface area contributed by atoms with Gasteiger partial charge in [-0.15, -0.1) is 5.10 Å². The molecule has 0 bridgehead atoms. The molecule has 0 saturated heterocycles. The molecule has 0 fully saturated rings. The third-order valence-corrected chi connectivity index (χ3v) is 3.02. The molecule has 0 amide bonds. The van der Waals surface area contributed by atoms with Gasteiger partial charge in [-0.25, -0.2) is 0 Å². The predicted molar refractivity (Wildman–Crippen MR) is 44.5 cm³/mol. The van der Waals surface area contributed by atoms with E-state index < -0.39 is 0 Å². The van der Waals surface area contributed by atoms with Crippen LogP contribution in [0.5, 0.6) is 0 Å². The lowest BCUT2D eigenvalue weighted by Crippen LogP contribution is -2.21. The Hall–Kier alpha value is -0.480. The van der Waals surface area contributed by atoms with E-state index in [-0.39, 0.29) is 0 Å². The van der Waals surface area contributed by atoms with Crippen LogP contribution in [0.3, 0.4) is 0 Å². The molecule has 1 aliphatic rings.